The first-order chi connectivity index (χ1) is 16.3. The van der Waals surface area contributed by atoms with Gasteiger partial charge in [-0.3, -0.25) is 9.80 Å². The number of nitrogens with zero attached hydrogens (tertiary/aromatic N) is 4. The van der Waals surface area contributed by atoms with Gasteiger partial charge in [0.2, 0.25) is 10.0 Å². The summed E-state index contributed by atoms with van der Waals surface area (Å²) in [5, 5.41) is 12.6. The summed E-state index contributed by atoms with van der Waals surface area (Å²) in [7, 11) is -3.62. The van der Waals surface area contributed by atoms with E-state index in [1.165, 1.54) is 0 Å². The lowest BCUT2D eigenvalue weighted by Crippen LogP contribution is -2.60. The average Bonchev–Trinajstić information content (AvgIpc) is 3.15. The van der Waals surface area contributed by atoms with Crippen molar-refractivity contribution in [3.05, 3.63) is 41.3 Å². The van der Waals surface area contributed by atoms with Crippen molar-refractivity contribution >= 4 is 10.0 Å². The molecule has 1 N–H and O–H groups in total. The number of nitriles is 1. The molecule has 2 aliphatic heterocycles. The zero-order valence-electron chi connectivity index (χ0n) is 19.6. The van der Waals surface area contributed by atoms with E-state index in [1.807, 2.05) is 12.1 Å². The Hall–Kier alpha value is -2.49. The largest absolute Gasteiger partial charge is 0.492 e. The molecule has 2 aromatic rings. The molecular formula is C23H31N5O5S. The molecule has 2 bridgehead atoms. The molecule has 0 spiro atoms. The third kappa shape index (κ3) is 6.14. The van der Waals surface area contributed by atoms with Crippen LogP contribution in [0, 0.1) is 25.2 Å². The van der Waals surface area contributed by atoms with E-state index in [2.05, 4.69) is 25.7 Å². The summed E-state index contributed by atoms with van der Waals surface area (Å²) in [5.74, 6) is 1.07. The van der Waals surface area contributed by atoms with Gasteiger partial charge >= 0.3 is 0 Å². The Labute approximate surface area is 200 Å². The number of fused-ring (bicyclic) bond motifs is 2. The Kier molecular flexibility index (Phi) is 7.85. The zero-order valence-corrected chi connectivity index (χ0v) is 20.4. The van der Waals surface area contributed by atoms with Gasteiger partial charge in [-0.05, 0) is 51.1 Å². The Morgan fingerprint density at radius 2 is 1.76 bits per heavy atom. The number of benzene rings is 1. The second-order valence-electron chi connectivity index (χ2n) is 8.79. The molecule has 3 heterocycles. The topological polar surface area (TPSA) is 121 Å². The predicted octanol–water partition coefficient (Wildman–Crippen LogP) is 1.30. The second kappa shape index (κ2) is 10.8. The van der Waals surface area contributed by atoms with Gasteiger partial charge in [0.15, 0.2) is 5.76 Å². The SMILES string of the molecule is Cc1noc(C)c1S(=O)(=O)NCCCN1CC2CN(CCOc3ccc(C#N)cc3)CC(C1)O2. The molecule has 0 amide bonds. The minimum atomic E-state index is -3.62. The number of hydrogen-bond acceptors (Lipinski definition) is 9. The van der Waals surface area contributed by atoms with Gasteiger partial charge in [-0.2, -0.15) is 5.26 Å². The zero-order chi connectivity index (χ0) is 24.1. The van der Waals surface area contributed by atoms with Crippen LogP contribution >= 0.6 is 0 Å². The summed E-state index contributed by atoms with van der Waals surface area (Å²) < 4.78 is 44.6. The smallest absolute Gasteiger partial charge is 0.245 e. The lowest BCUT2D eigenvalue weighted by molar-refractivity contribution is -0.139. The molecule has 184 valence electrons. The molecule has 1 aromatic heterocycles. The summed E-state index contributed by atoms with van der Waals surface area (Å²) in [4.78, 5) is 4.86. The van der Waals surface area contributed by atoms with Gasteiger partial charge in [-0.25, -0.2) is 13.1 Å². The maximum atomic E-state index is 12.5. The van der Waals surface area contributed by atoms with Crippen molar-refractivity contribution in [3.8, 4) is 11.8 Å². The first-order valence-electron chi connectivity index (χ1n) is 11.5. The second-order valence-corrected chi connectivity index (χ2v) is 10.5. The summed E-state index contributed by atoms with van der Waals surface area (Å²) in [5.41, 5.74) is 0.994. The molecule has 0 radical (unpaired) electrons. The van der Waals surface area contributed by atoms with Crippen LogP contribution in [-0.2, 0) is 14.8 Å². The highest BCUT2D eigenvalue weighted by Gasteiger charge is 2.34. The number of aryl methyl sites for hydroxylation is 2. The van der Waals surface area contributed by atoms with Crippen molar-refractivity contribution in [3.63, 3.8) is 0 Å². The van der Waals surface area contributed by atoms with E-state index in [4.69, 9.17) is 19.3 Å². The normalized spacial score (nSPS) is 21.3. The summed E-state index contributed by atoms with van der Waals surface area (Å²) in [6.07, 6.45) is 0.993. The van der Waals surface area contributed by atoms with E-state index in [1.54, 1.807) is 26.0 Å². The molecule has 0 saturated carbocycles. The van der Waals surface area contributed by atoms with Crippen molar-refractivity contribution in [1.29, 1.82) is 5.26 Å². The molecule has 0 aliphatic carbocycles. The first kappa shape index (κ1) is 24.6. The van der Waals surface area contributed by atoms with Crippen LogP contribution in [0.1, 0.15) is 23.4 Å². The van der Waals surface area contributed by atoms with Crippen LogP contribution < -0.4 is 9.46 Å². The molecule has 10 nitrogen and oxygen atoms in total. The van der Waals surface area contributed by atoms with Crippen LogP contribution in [0.3, 0.4) is 0 Å². The number of ether oxygens (including phenoxy) is 2. The lowest BCUT2D eigenvalue weighted by Gasteiger charge is -2.45. The van der Waals surface area contributed by atoms with E-state index in [-0.39, 0.29) is 17.1 Å². The lowest BCUT2D eigenvalue weighted by atomic mass is 10.1. The highest BCUT2D eigenvalue weighted by molar-refractivity contribution is 7.89. The fraction of sp³-hybridized carbons (Fsp3) is 0.565. The standard InChI is InChI=1S/C23H31N5O5S/c1-17-23(18(2)33-26-17)34(29,30)25-8-3-9-27-13-21-15-28(16-22(14-27)32-21)10-11-31-20-6-4-19(12-24)5-7-20/h4-7,21-22,25H,3,8-11,13-16H2,1-2H3. The summed E-state index contributed by atoms with van der Waals surface area (Å²) in [6.45, 7) is 9.16. The van der Waals surface area contributed by atoms with Crippen molar-refractivity contribution < 1.29 is 22.4 Å². The number of hydrogen-bond donors (Lipinski definition) is 1. The van der Waals surface area contributed by atoms with E-state index >= 15 is 0 Å². The van der Waals surface area contributed by atoms with Gasteiger partial charge in [-0.15, -0.1) is 0 Å². The van der Waals surface area contributed by atoms with Crippen LogP contribution in [-0.4, -0.2) is 88.0 Å². The molecule has 2 fully saturated rings. The van der Waals surface area contributed by atoms with Crippen molar-refractivity contribution in [1.82, 2.24) is 19.7 Å². The van der Waals surface area contributed by atoms with Gasteiger partial charge in [-0.1, -0.05) is 5.16 Å². The quantitative estimate of drug-likeness (QED) is 0.492. The van der Waals surface area contributed by atoms with E-state index in [0.717, 1.165) is 45.0 Å². The number of morpholine rings is 2. The van der Waals surface area contributed by atoms with Gasteiger partial charge in [0.05, 0.1) is 23.8 Å². The predicted molar refractivity (Wildman–Crippen MR) is 124 cm³/mol. The van der Waals surface area contributed by atoms with Gasteiger partial charge < -0.3 is 14.0 Å². The number of sulfonamides is 1. The molecule has 2 unspecified atom stereocenters. The maximum Gasteiger partial charge on any atom is 0.245 e. The Bertz CT molecular complexity index is 1080. The van der Waals surface area contributed by atoms with Gasteiger partial charge in [0.25, 0.3) is 0 Å². The van der Waals surface area contributed by atoms with Gasteiger partial charge in [0, 0.05) is 39.3 Å². The highest BCUT2D eigenvalue weighted by atomic mass is 32.2. The van der Waals surface area contributed by atoms with Crippen LogP contribution in [0.2, 0.25) is 0 Å². The van der Waals surface area contributed by atoms with E-state index in [0.29, 0.717) is 36.6 Å². The molecule has 2 aliphatic rings. The maximum absolute atomic E-state index is 12.5. The molecule has 2 atom stereocenters. The van der Waals surface area contributed by atoms with Gasteiger partial charge in [0.1, 0.15) is 22.9 Å². The van der Waals surface area contributed by atoms with E-state index in [9.17, 15) is 8.42 Å². The Morgan fingerprint density at radius 1 is 1.12 bits per heavy atom. The first-order valence-corrected chi connectivity index (χ1v) is 13.0. The molecule has 11 heteroatoms. The summed E-state index contributed by atoms with van der Waals surface area (Å²) in [6, 6.07) is 9.25. The minimum Gasteiger partial charge on any atom is -0.492 e. The fourth-order valence-electron chi connectivity index (χ4n) is 4.58. The highest BCUT2D eigenvalue weighted by Crippen LogP contribution is 2.20. The van der Waals surface area contributed by atoms with Crippen LogP contribution in [0.25, 0.3) is 0 Å². The van der Waals surface area contributed by atoms with E-state index < -0.39 is 10.0 Å². The van der Waals surface area contributed by atoms with Crippen molar-refractivity contribution in [2.24, 2.45) is 0 Å². The van der Waals surface area contributed by atoms with Crippen LogP contribution in [0.15, 0.2) is 33.7 Å². The number of aromatic nitrogens is 1. The Balaban J connectivity index is 1.16. The van der Waals surface area contributed by atoms with Crippen LogP contribution in [0.5, 0.6) is 5.75 Å². The molecule has 1 aromatic carbocycles. The third-order valence-electron chi connectivity index (χ3n) is 6.07. The third-order valence-corrected chi connectivity index (χ3v) is 7.78. The van der Waals surface area contributed by atoms with Crippen LogP contribution in [0.4, 0.5) is 0 Å². The molecule has 34 heavy (non-hydrogen) atoms. The number of nitrogens with one attached hydrogen (secondary N) is 1. The summed E-state index contributed by atoms with van der Waals surface area (Å²) >= 11 is 0. The number of rotatable bonds is 10. The minimum absolute atomic E-state index is 0.136. The fourth-order valence-corrected chi connectivity index (χ4v) is 5.98. The van der Waals surface area contributed by atoms with Crippen molar-refractivity contribution in [2.45, 2.75) is 37.4 Å². The Morgan fingerprint density at radius 3 is 2.35 bits per heavy atom. The average molecular weight is 490 g/mol. The molecule has 2 saturated heterocycles. The van der Waals surface area contributed by atoms with Crippen molar-refractivity contribution in [2.75, 3.05) is 52.4 Å². The molecule has 4 rings (SSSR count). The molecular weight excluding hydrogens is 458 g/mol. The monoisotopic (exact) mass is 489 g/mol.